The van der Waals surface area contributed by atoms with Crippen LogP contribution in [0.25, 0.3) is 10.9 Å². The second-order valence-electron chi connectivity index (χ2n) is 9.91. The molecule has 39 heavy (non-hydrogen) atoms. The van der Waals surface area contributed by atoms with Crippen molar-refractivity contribution in [1.29, 1.82) is 0 Å². The Balaban J connectivity index is 1.72. The number of nitrogens with zero attached hydrogens (tertiary/aromatic N) is 3. The largest absolute Gasteiger partial charge is 0.465 e. The van der Waals surface area contributed by atoms with Crippen LogP contribution in [0.5, 0.6) is 0 Å². The van der Waals surface area contributed by atoms with Gasteiger partial charge in [-0.3, -0.25) is 4.90 Å². The number of alkyl halides is 6. The van der Waals surface area contributed by atoms with Gasteiger partial charge in [-0.25, -0.2) is 9.78 Å². The highest BCUT2D eigenvalue weighted by atomic mass is 19.4. The van der Waals surface area contributed by atoms with E-state index in [4.69, 9.17) is 4.98 Å². The summed E-state index contributed by atoms with van der Waals surface area (Å²) >= 11 is 0. The molecule has 2 aromatic carbocycles. The molecule has 1 aliphatic carbocycles. The summed E-state index contributed by atoms with van der Waals surface area (Å²) in [6, 6.07) is 10.2. The van der Waals surface area contributed by atoms with Crippen LogP contribution in [0.15, 0.2) is 48.5 Å². The maximum Gasteiger partial charge on any atom is 0.416 e. The number of carboxylic acid groups (broad SMARTS) is 1. The Morgan fingerprint density at radius 3 is 2.13 bits per heavy atom. The fraction of sp³-hybridized carbons (Fsp3) is 0.429. The first-order valence-electron chi connectivity index (χ1n) is 12.7. The van der Waals surface area contributed by atoms with E-state index < -0.39 is 41.7 Å². The van der Waals surface area contributed by atoms with Gasteiger partial charge in [-0.1, -0.05) is 31.0 Å². The fourth-order valence-electron chi connectivity index (χ4n) is 5.14. The molecular weight excluding hydrogens is 524 g/mol. The molecule has 0 spiro atoms. The van der Waals surface area contributed by atoms with Crippen molar-refractivity contribution in [3.8, 4) is 0 Å². The molecule has 1 saturated carbocycles. The molecule has 3 aromatic rings. The number of hydrogen-bond acceptors (Lipinski definition) is 3. The molecule has 5 nitrogen and oxygen atoms in total. The Kier molecular flexibility index (Phi) is 8.27. The van der Waals surface area contributed by atoms with Crippen LogP contribution in [-0.2, 0) is 25.4 Å². The molecule has 210 valence electrons. The third-order valence-electron chi connectivity index (χ3n) is 7.07. The van der Waals surface area contributed by atoms with Crippen molar-refractivity contribution in [3.63, 3.8) is 0 Å². The van der Waals surface area contributed by atoms with Gasteiger partial charge in [0.05, 0.1) is 23.2 Å². The standard InChI is InChI=1S/C28H29F6N3O2/c1-2-36(15-18-7-3-4-8-18)25-21(13-20-9-5-6-10-24(20)35-25)17-37(26(38)39)16-19-11-22(27(29,30)31)14-23(12-19)28(32,33)34/h5-6,9-14,18H,2-4,7-8,15-17H2,1H3,(H,38,39). The van der Waals surface area contributed by atoms with Crippen molar-refractivity contribution in [2.24, 2.45) is 5.92 Å². The first-order valence-corrected chi connectivity index (χ1v) is 12.7. The average Bonchev–Trinajstić information content (AvgIpc) is 3.38. The van der Waals surface area contributed by atoms with E-state index in [1.807, 2.05) is 25.1 Å². The minimum Gasteiger partial charge on any atom is -0.465 e. The summed E-state index contributed by atoms with van der Waals surface area (Å²) in [5.74, 6) is 1.03. The van der Waals surface area contributed by atoms with Crippen LogP contribution in [0.4, 0.5) is 37.0 Å². The van der Waals surface area contributed by atoms with Crippen molar-refractivity contribution in [2.75, 3.05) is 18.0 Å². The van der Waals surface area contributed by atoms with Crippen LogP contribution in [-0.4, -0.2) is 34.2 Å². The Bertz CT molecular complexity index is 1290. The number of rotatable bonds is 8. The van der Waals surface area contributed by atoms with Crippen LogP contribution >= 0.6 is 0 Å². The third-order valence-corrected chi connectivity index (χ3v) is 7.07. The molecule has 0 bridgehead atoms. The van der Waals surface area contributed by atoms with Crippen LogP contribution < -0.4 is 4.90 Å². The van der Waals surface area contributed by atoms with Gasteiger partial charge in [-0.15, -0.1) is 0 Å². The topological polar surface area (TPSA) is 56.7 Å². The van der Waals surface area contributed by atoms with Gasteiger partial charge in [0.15, 0.2) is 0 Å². The molecule has 1 amide bonds. The molecule has 11 heteroatoms. The van der Waals surface area contributed by atoms with Gasteiger partial charge in [0.25, 0.3) is 0 Å². The number of aromatic nitrogens is 1. The highest BCUT2D eigenvalue weighted by Gasteiger charge is 2.37. The highest BCUT2D eigenvalue weighted by Crippen LogP contribution is 2.37. The molecule has 1 fully saturated rings. The summed E-state index contributed by atoms with van der Waals surface area (Å²) in [5.41, 5.74) is -2.15. The zero-order chi connectivity index (χ0) is 28.4. The first kappa shape index (κ1) is 28.5. The zero-order valence-corrected chi connectivity index (χ0v) is 21.3. The molecule has 4 rings (SSSR count). The number of halogens is 6. The van der Waals surface area contributed by atoms with E-state index >= 15 is 0 Å². The van der Waals surface area contributed by atoms with E-state index in [9.17, 15) is 36.2 Å². The van der Waals surface area contributed by atoms with Crippen molar-refractivity contribution in [1.82, 2.24) is 9.88 Å². The summed E-state index contributed by atoms with van der Waals surface area (Å²) in [4.78, 5) is 19.9. The van der Waals surface area contributed by atoms with Gasteiger partial charge >= 0.3 is 18.4 Å². The number of benzene rings is 2. The smallest absolute Gasteiger partial charge is 0.416 e. The maximum absolute atomic E-state index is 13.4. The molecule has 1 heterocycles. The minimum absolute atomic E-state index is 0.0299. The molecule has 1 aliphatic rings. The summed E-state index contributed by atoms with van der Waals surface area (Å²) in [6.07, 6.45) is -7.08. The van der Waals surface area contributed by atoms with Crippen molar-refractivity contribution in [3.05, 3.63) is 70.8 Å². The summed E-state index contributed by atoms with van der Waals surface area (Å²) in [7, 11) is 0. The van der Waals surface area contributed by atoms with E-state index in [1.165, 1.54) is 0 Å². The number of anilines is 1. The van der Waals surface area contributed by atoms with Crippen LogP contribution in [0.3, 0.4) is 0 Å². The third kappa shape index (κ3) is 6.93. The predicted molar refractivity (Wildman–Crippen MR) is 135 cm³/mol. The zero-order valence-electron chi connectivity index (χ0n) is 21.3. The van der Waals surface area contributed by atoms with Crippen LogP contribution in [0.1, 0.15) is 54.9 Å². The van der Waals surface area contributed by atoms with E-state index in [2.05, 4.69) is 4.90 Å². The number of fused-ring (bicyclic) bond motifs is 1. The van der Waals surface area contributed by atoms with E-state index in [0.717, 1.165) is 42.5 Å². The monoisotopic (exact) mass is 553 g/mol. The first-order chi connectivity index (χ1) is 18.3. The van der Waals surface area contributed by atoms with Crippen molar-refractivity contribution < 1.29 is 36.2 Å². The van der Waals surface area contributed by atoms with Crippen LogP contribution in [0, 0.1) is 5.92 Å². The fourth-order valence-corrected chi connectivity index (χ4v) is 5.14. The molecular formula is C28H29F6N3O2. The van der Waals surface area contributed by atoms with E-state index in [1.54, 1.807) is 12.1 Å². The molecule has 0 atom stereocenters. The molecule has 0 radical (unpaired) electrons. The Morgan fingerprint density at radius 1 is 0.949 bits per heavy atom. The van der Waals surface area contributed by atoms with Gasteiger partial charge in [-0.05, 0) is 61.6 Å². The van der Waals surface area contributed by atoms with Crippen LogP contribution in [0.2, 0.25) is 0 Å². The number of hydrogen-bond donors (Lipinski definition) is 1. The highest BCUT2D eigenvalue weighted by molar-refractivity contribution is 5.82. The number of pyridine rings is 1. The molecule has 1 aromatic heterocycles. The lowest BCUT2D eigenvalue weighted by molar-refractivity contribution is -0.143. The Labute approximate surface area is 222 Å². The SMILES string of the molecule is CCN(CC1CCCC1)c1nc2ccccc2cc1CN(Cc1cc(C(F)(F)F)cc(C(F)(F)F)c1)C(=O)O. The summed E-state index contributed by atoms with van der Waals surface area (Å²) in [5, 5.41) is 10.7. The summed E-state index contributed by atoms with van der Waals surface area (Å²) in [6.45, 7) is 2.37. The lowest BCUT2D eigenvalue weighted by Crippen LogP contribution is -2.33. The predicted octanol–water partition coefficient (Wildman–Crippen LogP) is 7.97. The van der Waals surface area contributed by atoms with E-state index in [0.29, 0.717) is 41.5 Å². The van der Waals surface area contributed by atoms with Gasteiger partial charge in [-0.2, -0.15) is 26.3 Å². The molecule has 0 unspecified atom stereocenters. The quantitative estimate of drug-likeness (QED) is 0.288. The normalized spacial score (nSPS) is 14.6. The average molecular weight is 554 g/mol. The number of para-hydroxylation sites is 1. The van der Waals surface area contributed by atoms with E-state index in [-0.39, 0.29) is 12.6 Å². The second kappa shape index (κ2) is 11.3. The maximum atomic E-state index is 13.4. The summed E-state index contributed by atoms with van der Waals surface area (Å²) < 4.78 is 80.2. The van der Waals surface area contributed by atoms with Gasteiger partial charge in [0.1, 0.15) is 5.82 Å². The van der Waals surface area contributed by atoms with Gasteiger partial charge < -0.3 is 10.0 Å². The number of amides is 1. The Hall–Kier alpha value is -3.50. The Morgan fingerprint density at radius 2 is 1.56 bits per heavy atom. The molecule has 0 saturated heterocycles. The van der Waals surface area contributed by atoms with Gasteiger partial charge in [0.2, 0.25) is 0 Å². The van der Waals surface area contributed by atoms with Gasteiger partial charge in [0, 0.05) is 30.6 Å². The minimum atomic E-state index is -5.03. The molecule has 0 aliphatic heterocycles. The van der Waals surface area contributed by atoms with Crippen molar-refractivity contribution in [2.45, 2.75) is 58.0 Å². The second-order valence-corrected chi connectivity index (χ2v) is 9.91. The lowest BCUT2D eigenvalue weighted by Gasteiger charge is -2.29. The van der Waals surface area contributed by atoms with Crippen molar-refractivity contribution >= 4 is 22.8 Å². The molecule has 1 N–H and O–H groups in total. The number of carbonyl (C=O) groups is 1. The lowest BCUT2D eigenvalue weighted by atomic mass is 10.0.